The van der Waals surface area contributed by atoms with Crippen molar-refractivity contribution in [3.05, 3.63) is 54.1 Å². The standard InChI is InChI=1S/C33H33N3O6/c1-4-7-16-40-22-10-13-25(28(37)19-22)31-34-32(26-14-11-23(20-29(26)38)41-17-8-5-2)36-33(35-31)27-15-12-24(21-30(27)39)42-18-9-6-3/h1,11-12,14-15,19-21,25,38-39H,5-6,8-10,13,17-18H2,2-3H3. The number of ketones is 1. The average molecular weight is 568 g/mol. The maximum atomic E-state index is 13.1. The average Bonchev–Trinajstić information content (AvgIpc) is 2.97. The molecule has 3 aromatic rings. The van der Waals surface area contributed by atoms with Crippen LogP contribution in [-0.2, 0) is 9.53 Å². The van der Waals surface area contributed by atoms with Gasteiger partial charge in [-0.1, -0.05) is 26.7 Å². The molecule has 0 fully saturated rings. The topological polar surface area (TPSA) is 124 Å². The Balaban J connectivity index is 1.73. The van der Waals surface area contributed by atoms with E-state index in [1.807, 2.05) is 0 Å². The smallest absolute Gasteiger partial charge is 0.169 e. The first-order valence-electron chi connectivity index (χ1n) is 14.0. The van der Waals surface area contributed by atoms with Gasteiger partial charge in [-0.2, -0.15) is 0 Å². The van der Waals surface area contributed by atoms with Crippen molar-refractivity contribution in [3.8, 4) is 70.1 Å². The maximum Gasteiger partial charge on any atom is 0.169 e. The van der Waals surface area contributed by atoms with E-state index < -0.39 is 5.92 Å². The van der Waals surface area contributed by atoms with Crippen LogP contribution >= 0.6 is 0 Å². The highest BCUT2D eigenvalue weighted by molar-refractivity contribution is 5.96. The molecule has 4 rings (SSSR count). The second kappa shape index (κ2) is 14.6. The fraction of sp³-hybridized carbons (Fsp3) is 0.333. The van der Waals surface area contributed by atoms with E-state index in [1.54, 1.807) is 24.3 Å². The summed E-state index contributed by atoms with van der Waals surface area (Å²) in [5.74, 6) is 5.30. The van der Waals surface area contributed by atoms with Crippen molar-refractivity contribution < 1.29 is 29.2 Å². The number of aromatic hydroxyl groups is 2. The molecule has 9 heteroatoms. The number of terminal acetylenes is 1. The predicted molar refractivity (Wildman–Crippen MR) is 158 cm³/mol. The molecule has 0 bridgehead atoms. The summed E-state index contributed by atoms with van der Waals surface area (Å²) < 4.78 is 16.7. The summed E-state index contributed by atoms with van der Waals surface area (Å²) in [7, 11) is 0. The molecule has 0 saturated carbocycles. The summed E-state index contributed by atoms with van der Waals surface area (Å²) in [4.78, 5) is 26.9. The number of hydrogen-bond acceptors (Lipinski definition) is 9. The third-order valence-corrected chi connectivity index (χ3v) is 6.55. The van der Waals surface area contributed by atoms with Crippen LogP contribution in [0.4, 0.5) is 0 Å². The molecule has 42 heavy (non-hydrogen) atoms. The summed E-state index contributed by atoms with van der Waals surface area (Å²) in [5.41, 5.74) is 0.656. The van der Waals surface area contributed by atoms with Crippen LogP contribution in [0.5, 0.6) is 23.0 Å². The number of aromatic nitrogens is 3. The highest BCUT2D eigenvalue weighted by Gasteiger charge is 2.29. The number of allylic oxidation sites excluding steroid dienone is 2. The molecule has 1 aliphatic rings. The number of carbonyl (C=O) groups is 1. The normalized spacial score (nSPS) is 14.3. The monoisotopic (exact) mass is 567 g/mol. The van der Waals surface area contributed by atoms with Gasteiger partial charge in [0, 0.05) is 30.6 Å². The van der Waals surface area contributed by atoms with Crippen LogP contribution in [0.1, 0.15) is 64.1 Å². The molecule has 0 spiro atoms. The zero-order chi connectivity index (χ0) is 29.9. The molecular weight excluding hydrogens is 534 g/mol. The Bertz CT molecular complexity index is 1490. The van der Waals surface area contributed by atoms with E-state index in [-0.39, 0.29) is 34.8 Å². The highest BCUT2D eigenvalue weighted by Crippen LogP contribution is 2.36. The Kier molecular flexibility index (Phi) is 10.4. The van der Waals surface area contributed by atoms with Crippen LogP contribution in [0.15, 0.2) is 48.2 Å². The molecular formula is C33H33N3O6. The van der Waals surface area contributed by atoms with Crippen LogP contribution in [0.25, 0.3) is 22.8 Å². The molecule has 1 aliphatic carbocycles. The first kappa shape index (κ1) is 30.0. The van der Waals surface area contributed by atoms with E-state index in [0.717, 1.165) is 25.7 Å². The van der Waals surface area contributed by atoms with Gasteiger partial charge in [0.25, 0.3) is 0 Å². The largest absolute Gasteiger partial charge is 0.507 e. The number of rotatable bonds is 12. The van der Waals surface area contributed by atoms with Gasteiger partial charge in [-0.05, 0) is 49.4 Å². The Morgan fingerprint density at radius 3 is 1.95 bits per heavy atom. The minimum absolute atomic E-state index is 0.0892. The van der Waals surface area contributed by atoms with Gasteiger partial charge < -0.3 is 24.4 Å². The Morgan fingerprint density at radius 2 is 1.48 bits per heavy atom. The molecule has 1 atom stereocenters. The highest BCUT2D eigenvalue weighted by atomic mass is 16.5. The fourth-order valence-corrected chi connectivity index (χ4v) is 4.26. The van der Waals surface area contributed by atoms with Crippen molar-refractivity contribution >= 4 is 5.78 Å². The first-order valence-corrected chi connectivity index (χ1v) is 14.0. The number of unbranched alkanes of at least 4 members (excludes halogenated alkanes) is 2. The van der Waals surface area contributed by atoms with Crippen LogP contribution in [-0.4, -0.2) is 44.2 Å². The molecule has 2 N–H and O–H groups in total. The van der Waals surface area contributed by atoms with Crippen molar-refractivity contribution in [2.45, 2.75) is 58.3 Å². The Hall–Kier alpha value is -5.02. The Labute approximate surface area is 245 Å². The first-order chi connectivity index (χ1) is 20.4. The van der Waals surface area contributed by atoms with Gasteiger partial charge in [0.1, 0.15) is 40.7 Å². The molecule has 2 aromatic carbocycles. The predicted octanol–water partition coefficient (Wildman–Crippen LogP) is 5.92. The summed E-state index contributed by atoms with van der Waals surface area (Å²) >= 11 is 0. The minimum atomic E-state index is -0.698. The van der Waals surface area contributed by atoms with Gasteiger partial charge in [-0.15, -0.1) is 6.42 Å². The number of phenolic OH excluding ortho intramolecular Hbond substituents is 2. The van der Waals surface area contributed by atoms with Gasteiger partial charge in [0.05, 0.1) is 30.3 Å². The number of nitrogens with zero attached hydrogens (tertiary/aromatic N) is 3. The van der Waals surface area contributed by atoms with Crippen molar-refractivity contribution in [1.82, 2.24) is 15.0 Å². The summed E-state index contributed by atoms with van der Waals surface area (Å²) in [6.07, 6.45) is 13.4. The zero-order valence-corrected chi connectivity index (χ0v) is 23.7. The second-order valence-corrected chi connectivity index (χ2v) is 9.68. The van der Waals surface area contributed by atoms with Crippen LogP contribution in [0, 0.1) is 24.4 Å². The van der Waals surface area contributed by atoms with Crippen LogP contribution in [0.3, 0.4) is 0 Å². The number of benzene rings is 2. The van der Waals surface area contributed by atoms with Gasteiger partial charge >= 0.3 is 0 Å². The van der Waals surface area contributed by atoms with E-state index >= 15 is 0 Å². The third kappa shape index (κ3) is 7.58. The van der Waals surface area contributed by atoms with Crippen molar-refractivity contribution in [3.63, 3.8) is 0 Å². The number of carbonyl (C=O) groups excluding carboxylic acids is 1. The number of ether oxygens (including phenoxy) is 3. The number of phenols is 2. The number of hydrogen-bond donors (Lipinski definition) is 2. The maximum absolute atomic E-state index is 13.1. The quantitative estimate of drug-likeness (QED) is 0.203. The summed E-state index contributed by atoms with van der Waals surface area (Å²) in [6, 6.07) is 9.77. The van der Waals surface area contributed by atoms with E-state index in [9.17, 15) is 15.0 Å². The van der Waals surface area contributed by atoms with E-state index in [2.05, 4.69) is 46.7 Å². The van der Waals surface area contributed by atoms with Gasteiger partial charge in [-0.3, -0.25) is 4.79 Å². The lowest BCUT2D eigenvalue weighted by Crippen LogP contribution is -2.20. The summed E-state index contributed by atoms with van der Waals surface area (Å²) in [5, 5.41) is 21.8. The Morgan fingerprint density at radius 1 is 0.905 bits per heavy atom. The van der Waals surface area contributed by atoms with E-state index in [4.69, 9.17) is 20.6 Å². The SMILES string of the molecule is C#CC#COC1=CC(=O)C(c2nc(-c3ccc(OCCCC)cc3O)nc(-c3ccc(OCCCC)cc3O)n2)CC1. The van der Waals surface area contributed by atoms with Gasteiger partial charge in [0.2, 0.25) is 0 Å². The second-order valence-electron chi connectivity index (χ2n) is 9.68. The molecule has 0 radical (unpaired) electrons. The molecule has 0 amide bonds. The van der Waals surface area contributed by atoms with Crippen LogP contribution < -0.4 is 9.47 Å². The lowest BCUT2D eigenvalue weighted by molar-refractivity contribution is -0.116. The van der Waals surface area contributed by atoms with Gasteiger partial charge in [0.15, 0.2) is 17.4 Å². The fourth-order valence-electron chi connectivity index (χ4n) is 4.26. The summed E-state index contributed by atoms with van der Waals surface area (Å²) in [6.45, 7) is 5.20. The lowest BCUT2D eigenvalue weighted by atomic mass is 9.91. The van der Waals surface area contributed by atoms with Crippen molar-refractivity contribution in [2.24, 2.45) is 0 Å². The third-order valence-electron chi connectivity index (χ3n) is 6.55. The molecule has 0 saturated heterocycles. The lowest BCUT2D eigenvalue weighted by Gasteiger charge is -2.19. The minimum Gasteiger partial charge on any atom is -0.507 e. The van der Waals surface area contributed by atoms with E-state index in [0.29, 0.717) is 54.4 Å². The van der Waals surface area contributed by atoms with Crippen LogP contribution in [0.2, 0.25) is 0 Å². The van der Waals surface area contributed by atoms with E-state index in [1.165, 1.54) is 18.2 Å². The molecule has 1 heterocycles. The molecule has 0 aliphatic heterocycles. The van der Waals surface area contributed by atoms with Crippen molar-refractivity contribution in [2.75, 3.05) is 13.2 Å². The molecule has 1 unspecified atom stereocenters. The molecule has 1 aromatic heterocycles. The van der Waals surface area contributed by atoms with Crippen molar-refractivity contribution in [1.29, 1.82) is 0 Å². The zero-order valence-electron chi connectivity index (χ0n) is 23.7. The van der Waals surface area contributed by atoms with Gasteiger partial charge in [-0.25, -0.2) is 15.0 Å². The molecule has 216 valence electrons. The molecule has 9 nitrogen and oxygen atoms in total.